The van der Waals surface area contributed by atoms with Crippen molar-refractivity contribution in [2.24, 2.45) is 0 Å². The van der Waals surface area contributed by atoms with Crippen LogP contribution in [0.25, 0.3) is 16.9 Å². The normalized spacial score (nSPS) is 12.1. The molecule has 0 N–H and O–H groups in total. The number of hydrogen-bond donors (Lipinski definition) is 0. The molecule has 0 saturated heterocycles. The summed E-state index contributed by atoms with van der Waals surface area (Å²) >= 11 is 0. The van der Waals surface area contributed by atoms with Gasteiger partial charge in [0.1, 0.15) is 17.3 Å². The Morgan fingerprint density at radius 1 is 0.778 bits per heavy atom. The number of nitrogens with zero attached hydrogens (tertiary/aromatic N) is 2. The lowest BCUT2D eigenvalue weighted by atomic mass is 10.1. The molecule has 0 fully saturated rings. The molecule has 4 aromatic rings. The van der Waals surface area contributed by atoms with Crippen LogP contribution in [0.3, 0.4) is 0 Å². The van der Waals surface area contributed by atoms with E-state index in [0.29, 0.717) is 12.1 Å². The molecule has 3 nitrogen and oxygen atoms in total. The van der Waals surface area contributed by atoms with E-state index in [2.05, 4.69) is 6.92 Å². The molecular formula is C27H22F6N2O. The molecule has 1 aromatic heterocycles. The first-order valence-corrected chi connectivity index (χ1v) is 11.3. The Kier molecular flexibility index (Phi) is 7.10. The fraction of sp³-hybridized carbons (Fsp3) is 0.222. The number of hydrogen-bond acceptors (Lipinski definition) is 2. The maximum atomic E-state index is 13.1. The Morgan fingerprint density at radius 3 is 1.94 bits per heavy atom. The van der Waals surface area contributed by atoms with Gasteiger partial charge in [-0.2, -0.15) is 26.3 Å². The van der Waals surface area contributed by atoms with Crippen LogP contribution in [0.2, 0.25) is 0 Å². The number of aryl methyl sites for hydroxylation is 1. The molecule has 4 rings (SSSR count). The Labute approximate surface area is 204 Å². The summed E-state index contributed by atoms with van der Waals surface area (Å²) in [6.07, 6.45) is -5.34. The highest BCUT2D eigenvalue weighted by molar-refractivity contribution is 5.59. The van der Waals surface area contributed by atoms with Crippen molar-refractivity contribution < 1.29 is 31.1 Å². The standard InChI is InChI=1S/C27H22F6N2O/c1-2-3-9-25-34-24(18-7-5-4-6-8-18)17-35(25)21-10-12-22(13-11-21)36-23-15-19(26(28,29)30)14-20(16-23)27(31,32)33/h4-8,10-17H,2-3,9H2,1H3. The fourth-order valence-corrected chi connectivity index (χ4v) is 3.70. The molecular weight excluding hydrogens is 482 g/mol. The number of benzene rings is 3. The van der Waals surface area contributed by atoms with Crippen LogP contribution >= 0.6 is 0 Å². The first-order valence-electron chi connectivity index (χ1n) is 11.3. The average molecular weight is 504 g/mol. The highest BCUT2D eigenvalue weighted by Crippen LogP contribution is 2.39. The molecule has 0 bridgehead atoms. The number of alkyl halides is 6. The second-order valence-corrected chi connectivity index (χ2v) is 8.22. The van der Waals surface area contributed by atoms with Gasteiger partial charge in [0.25, 0.3) is 0 Å². The predicted molar refractivity (Wildman–Crippen MR) is 124 cm³/mol. The third kappa shape index (κ3) is 5.90. The predicted octanol–water partition coefficient (Wildman–Crippen LogP) is 8.71. The van der Waals surface area contributed by atoms with Crippen molar-refractivity contribution in [2.75, 3.05) is 0 Å². The molecule has 3 aromatic carbocycles. The SMILES string of the molecule is CCCCc1nc(-c2ccccc2)cn1-c1ccc(Oc2cc(C(F)(F)F)cc(C(F)(F)F)c2)cc1. The maximum absolute atomic E-state index is 13.1. The van der Waals surface area contributed by atoms with Crippen LogP contribution in [0.4, 0.5) is 26.3 Å². The Morgan fingerprint density at radius 2 is 1.39 bits per heavy atom. The molecule has 0 unspecified atom stereocenters. The van der Waals surface area contributed by atoms with Crippen LogP contribution in [0.5, 0.6) is 11.5 Å². The van der Waals surface area contributed by atoms with E-state index >= 15 is 0 Å². The molecule has 188 valence electrons. The summed E-state index contributed by atoms with van der Waals surface area (Å²) in [7, 11) is 0. The first-order chi connectivity index (χ1) is 17.0. The molecule has 36 heavy (non-hydrogen) atoms. The van der Waals surface area contributed by atoms with Crippen molar-refractivity contribution in [3.05, 3.63) is 95.9 Å². The van der Waals surface area contributed by atoms with Gasteiger partial charge in [-0.05, 0) is 48.9 Å². The van der Waals surface area contributed by atoms with Gasteiger partial charge < -0.3 is 9.30 Å². The summed E-state index contributed by atoms with van der Waals surface area (Å²) in [5, 5.41) is 0. The van der Waals surface area contributed by atoms with Crippen molar-refractivity contribution in [1.82, 2.24) is 9.55 Å². The summed E-state index contributed by atoms with van der Waals surface area (Å²) < 4.78 is 86.1. The third-order valence-electron chi connectivity index (χ3n) is 5.51. The topological polar surface area (TPSA) is 27.1 Å². The second kappa shape index (κ2) is 10.1. The lowest BCUT2D eigenvalue weighted by Crippen LogP contribution is -2.11. The zero-order chi connectivity index (χ0) is 25.9. The van der Waals surface area contributed by atoms with Gasteiger partial charge in [-0.3, -0.25) is 0 Å². The van der Waals surface area contributed by atoms with Crippen LogP contribution in [-0.2, 0) is 18.8 Å². The largest absolute Gasteiger partial charge is 0.457 e. The van der Waals surface area contributed by atoms with Gasteiger partial charge >= 0.3 is 12.4 Å². The smallest absolute Gasteiger partial charge is 0.416 e. The molecule has 0 spiro atoms. The van der Waals surface area contributed by atoms with Gasteiger partial charge in [0.05, 0.1) is 16.8 Å². The maximum Gasteiger partial charge on any atom is 0.416 e. The lowest BCUT2D eigenvalue weighted by molar-refractivity contribution is -0.143. The van der Waals surface area contributed by atoms with Gasteiger partial charge in [0.15, 0.2) is 0 Å². The van der Waals surface area contributed by atoms with E-state index in [1.807, 2.05) is 41.1 Å². The molecule has 9 heteroatoms. The van der Waals surface area contributed by atoms with Crippen molar-refractivity contribution in [3.8, 4) is 28.4 Å². The number of halogens is 6. The van der Waals surface area contributed by atoms with E-state index in [4.69, 9.17) is 9.72 Å². The quantitative estimate of drug-likeness (QED) is 0.235. The Balaban J connectivity index is 1.64. The summed E-state index contributed by atoms with van der Waals surface area (Å²) in [6.45, 7) is 2.08. The van der Waals surface area contributed by atoms with Crippen molar-refractivity contribution in [3.63, 3.8) is 0 Å². The van der Waals surface area contributed by atoms with Crippen LogP contribution in [0.1, 0.15) is 36.7 Å². The minimum Gasteiger partial charge on any atom is -0.457 e. The highest BCUT2D eigenvalue weighted by atomic mass is 19.4. The number of aromatic nitrogens is 2. The van der Waals surface area contributed by atoms with Crippen LogP contribution in [-0.4, -0.2) is 9.55 Å². The summed E-state index contributed by atoms with van der Waals surface area (Å²) in [4.78, 5) is 4.77. The Bertz CT molecular complexity index is 1280. The number of unbranched alkanes of at least 4 members (excludes halogenated alkanes) is 1. The second-order valence-electron chi connectivity index (χ2n) is 8.22. The molecule has 0 aliphatic heterocycles. The van der Waals surface area contributed by atoms with Crippen molar-refractivity contribution in [1.29, 1.82) is 0 Å². The first kappa shape index (κ1) is 25.3. The molecule has 0 amide bonds. The summed E-state index contributed by atoms with van der Waals surface area (Å²) in [5.74, 6) is 0.393. The zero-order valence-corrected chi connectivity index (χ0v) is 19.2. The van der Waals surface area contributed by atoms with Gasteiger partial charge in [-0.25, -0.2) is 4.98 Å². The van der Waals surface area contributed by atoms with E-state index in [1.54, 1.807) is 12.1 Å². The van der Waals surface area contributed by atoms with E-state index in [1.165, 1.54) is 12.1 Å². The number of ether oxygens (including phenoxy) is 1. The number of rotatable bonds is 7. The molecule has 0 aliphatic rings. The van der Waals surface area contributed by atoms with Gasteiger partial charge in [0, 0.05) is 23.9 Å². The molecule has 0 aliphatic carbocycles. The lowest BCUT2D eigenvalue weighted by Gasteiger charge is -2.15. The molecule has 1 heterocycles. The molecule has 0 saturated carbocycles. The third-order valence-corrected chi connectivity index (χ3v) is 5.51. The van der Waals surface area contributed by atoms with Crippen LogP contribution in [0, 0.1) is 0 Å². The average Bonchev–Trinajstić information content (AvgIpc) is 3.27. The van der Waals surface area contributed by atoms with Gasteiger partial charge in [-0.1, -0.05) is 43.7 Å². The molecule has 0 atom stereocenters. The van der Waals surface area contributed by atoms with Gasteiger partial charge in [-0.15, -0.1) is 0 Å². The Hall–Kier alpha value is -3.75. The minimum absolute atomic E-state index is 0.0666. The zero-order valence-electron chi connectivity index (χ0n) is 19.2. The van der Waals surface area contributed by atoms with E-state index in [9.17, 15) is 26.3 Å². The monoisotopic (exact) mass is 504 g/mol. The van der Waals surface area contributed by atoms with E-state index < -0.39 is 29.2 Å². The summed E-state index contributed by atoms with van der Waals surface area (Å²) in [5.41, 5.74) is -0.375. The van der Waals surface area contributed by atoms with Crippen LogP contribution < -0.4 is 4.74 Å². The van der Waals surface area contributed by atoms with Gasteiger partial charge in [0.2, 0.25) is 0 Å². The summed E-state index contributed by atoms with van der Waals surface area (Å²) in [6, 6.07) is 17.2. The van der Waals surface area contributed by atoms with Crippen molar-refractivity contribution >= 4 is 0 Å². The van der Waals surface area contributed by atoms with Crippen LogP contribution in [0.15, 0.2) is 79.0 Å². The highest BCUT2D eigenvalue weighted by Gasteiger charge is 2.37. The minimum atomic E-state index is -4.95. The fourth-order valence-electron chi connectivity index (χ4n) is 3.70. The van der Waals surface area contributed by atoms with E-state index in [0.717, 1.165) is 42.0 Å². The van der Waals surface area contributed by atoms with E-state index in [-0.39, 0.29) is 11.8 Å². The number of imidazole rings is 1. The van der Waals surface area contributed by atoms with Crippen molar-refractivity contribution in [2.45, 2.75) is 38.5 Å². The molecule has 0 radical (unpaired) electrons.